The number of aryl methyl sites for hydroxylation is 1. The molecule has 0 amide bonds. The van der Waals surface area contributed by atoms with Gasteiger partial charge in [-0.2, -0.15) is 0 Å². The summed E-state index contributed by atoms with van der Waals surface area (Å²) in [5.74, 6) is 2.46. The minimum absolute atomic E-state index is 0.239. The molecule has 2 saturated heterocycles. The van der Waals surface area contributed by atoms with Crippen molar-refractivity contribution < 1.29 is 9.13 Å². The summed E-state index contributed by atoms with van der Waals surface area (Å²) < 4.78 is 19.5. The van der Waals surface area contributed by atoms with E-state index in [4.69, 9.17) is 16.3 Å². The van der Waals surface area contributed by atoms with Crippen LogP contribution in [0.2, 0.25) is 5.02 Å². The van der Waals surface area contributed by atoms with Gasteiger partial charge in [-0.25, -0.2) is 14.4 Å². The van der Waals surface area contributed by atoms with E-state index in [-0.39, 0.29) is 5.82 Å². The molecule has 0 bridgehead atoms. The summed E-state index contributed by atoms with van der Waals surface area (Å²) in [5.41, 5.74) is 0.574. The number of nitrogens with zero attached hydrogens (tertiary/aromatic N) is 5. The van der Waals surface area contributed by atoms with Crippen LogP contribution in [0.5, 0.6) is 0 Å². The molecular weight excluding hydrogens is 381 g/mol. The third kappa shape index (κ3) is 4.37. The number of halogens is 2. The van der Waals surface area contributed by atoms with Crippen molar-refractivity contribution in [1.82, 2.24) is 14.9 Å². The SMILES string of the molecule is Cc1nc(N2CCOCC2)cc(N2CCN(Cc3c(F)cccc3Cl)CC2)n1. The lowest BCUT2D eigenvalue weighted by Crippen LogP contribution is -2.46. The molecule has 3 heterocycles. The number of hydrogen-bond donors (Lipinski definition) is 0. The third-order valence-corrected chi connectivity index (χ3v) is 5.64. The largest absolute Gasteiger partial charge is 0.378 e. The molecule has 2 aliphatic heterocycles. The average Bonchev–Trinajstić information content (AvgIpc) is 2.71. The number of ether oxygens (including phenoxy) is 1. The lowest BCUT2D eigenvalue weighted by molar-refractivity contribution is 0.122. The molecule has 0 saturated carbocycles. The molecule has 2 aromatic rings. The van der Waals surface area contributed by atoms with Crippen LogP contribution in [-0.2, 0) is 11.3 Å². The van der Waals surface area contributed by atoms with Crippen molar-refractivity contribution in [2.45, 2.75) is 13.5 Å². The molecule has 1 aromatic carbocycles. The van der Waals surface area contributed by atoms with E-state index < -0.39 is 0 Å². The van der Waals surface area contributed by atoms with Crippen molar-refractivity contribution in [2.24, 2.45) is 0 Å². The highest BCUT2D eigenvalue weighted by molar-refractivity contribution is 6.31. The number of aromatic nitrogens is 2. The van der Waals surface area contributed by atoms with Crippen LogP contribution in [0.1, 0.15) is 11.4 Å². The highest BCUT2D eigenvalue weighted by Crippen LogP contribution is 2.24. The van der Waals surface area contributed by atoms with Gasteiger partial charge in [-0.05, 0) is 19.1 Å². The Bertz CT molecular complexity index is 802. The predicted molar refractivity (Wildman–Crippen MR) is 109 cm³/mol. The van der Waals surface area contributed by atoms with Crippen LogP contribution in [0.15, 0.2) is 24.3 Å². The lowest BCUT2D eigenvalue weighted by Gasteiger charge is -2.36. The van der Waals surface area contributed by atoms with Gasteiger partial charge in [0.1, 0.15) is 23.3 Å². The van der Waals surface area contributed by atoms with Gasteiger partial charge in [0.15, 0.2) is 0 Å². The van der Waals surface area contributed by atoms with E-state index in [9.17, 15) is 4.39 Å². The van der Waals surface area contributed by atoms with Crippen LogP contribution >= 0.6 is 11.6 Å². The molecule has 0 aliphatic carbocycles. The first-order valence-corrected chi connectivity index (χ1v) is 10.1. The topological polar surface area (TPSA) is 44.7 Å². The van der Waals surface area contributed by atoms with Crippen molar-refractivity contribution in [3.8, 4) is 0 Å². The van der Waals surface area contributed by atoms with Crippen LogP contribution in [0.4, 0.5) is 16.0 Å². The fraction of sp³-hybridized carbons (Fsp3) is 0.500. The van der Waals surface area contributed by atoms with Crippen LogP contribution in [-0.4, -0.2) is 67.4 Å². The molecule has 8 heteroatoms. The summed E-state index contributed by atoms with van der Waals surface area (Å²) in [6.07, 6.45) is 0. The fourth-order valence-electron chi connectivity index (χ4n) is 3.70. The molecule has 0 spiro atoms. The smallest absolute Gasteiger partial charge is 0.134 e. The Kier molecular flexibility index (Phi) is 5.94. The van der Waals surface area contributed by atoms with Gasteiger partial charge >= 0.3 is 0 Å². The average molecular weight is 406 g/mol. The zero-order chi connectivity index (χ0) is 19.5. The van der Waals surface area contributed by atoms with Crippen LogP contribution < -0.4 is 9.80 Å². The lowest BCUT2D eigenvalue weighted by atomic mass is 10.2. The number of hydrogen-bond acceptors (Lipinski definition) is 6. The first-order valence-electron chi connectivity index (χ1n) is 9.69. The summed E-state index contributed by atoms with van der Waals surface area (Å²) in [4.78, 5) is 16.0. The van der Waals surface area contributed by atoms with Crippen molar-refractivity contribution in [3.05, 3.63) is 46.5 Å². The van der Waals surface area contributed by atoms with Crippen LogP contribution in [0.3, 0.4) is 0 Å². The number of morpholine rings is 1. The minimum Gasteiger partial charge on any atom is -0.378 e. The molecule has 2 fully saturated rings. The maximum Gasteiger partial charge on any atom is 0.134 e. The highest BCUT2D eigenvalue weighted by atomic mass is 35.5. The molecule has 2 aliphatic rings. The number of benzene rings is 1. The molecular formula is C20H25ClFN5O. The van der Waals surface area contributed by atoms with Gasteiger partial charge in [-0.1, -0.05) is 17.7 Å². The monoisotopic (exact) mass is 405 g/mol. The van der Waals surface area contributed by atoms with Crippen LogP contribution in [0, 0.1) is 12.7 Å². The summed E-state index contributed by atoms with van der Waals surface area (Å²) in [6.45, 7) is 8.98. The maximum absolute atomic E-state index is 14.1. The first-order chi connectivity index (χ1) is 13.6. The second kappa shape index (κ2) is 8.59. The van der Waals surface area contributed by atoms with Gasteiger partial charge in [0.25, 0.3) is 0 Å². The van der Waals surface area contributed by atoms with Crippen LogP contribution in [0.25, 0.3) is 0 Å². The Morgan fingerprint density at radius 2 is 1.64 bits per heavy atom. The van der Waals surface area contributed by atoms with Gasteiger partial charge in [0.2, 0.25) is 0 Å². The zero-order valence-corrected chi connectivity index (χ0v) is 16.8. The Morgan fingerprint density at radius 1 is 1.00 bits per heavy atom. The first kappa shape index (κ1) is 19.4. The summed E-state index contributed by atoms with van der Waals surface area (Å²) in [5, 5.41) is 0.490. The quantitative estimate of drug-likeness (QED) is 0.779. The number of anilines is 2. The van der Waals surface area contributed by atoms with Gasteiger partial charge < -0.3 is 14.5 Å². The van der Waals surface area contributed by atoms with Gasteiger partial charge in [-0.3, -0.25) is 4.90 Å². The van der Waals surface area contributed by atoms with E-state index in [1.54, 1.807) is 12.1 Å². The van der Waals surface area contributed by atoms with E-state index >= 15 is 0 Å². The highest BCUT2D eigenvalue weighted by Gasteiger charge is 2.22. The molecule has 0 radical (unpaired) electrons. The third-order valence-electron chi connectivity index (χ3n) is 5.29. The van der Waals surface area contributed by atoms with Gasteiger partial charge in [0.05, 0.1) is 13.2 Å². The molecule has 150 valence electrons. The second-order valence-corrected chi connectivity index (χ2v) is 7.60. The predicted octanol–water partition coefficient (Wildman–Crippen LogP) is 2.74. The van der Waals surface area contributed by atoms with Crippen molar-refractivity contribution in [2.75, 3.05) is 62.3 Å². The van der Waals surface area contributed by atoms with E-state index in [0.29, 0.717) is 17.1 Å². The van der Waals surface area contributed by atoms with E-state index in [1.165, 1.54) is 6.07 Å². The number of piperazine rings is 1. The van der Waals surface area contributed by atoms with Gasteiger partial charge in [0, 0.05) is 62.5 Å². The normalized spacial score (nSPS) is 18.5. The van der Waals surface area contributed by atoms with E-state index in [1.807, 2.05) is 6.92 Å². The van der Waals surface area contributed by atoms with E-state index in [2.05, 4.69) is 30.7 Å². The zero-order valence-electron chi connectivity index (χ0n) is 16.1. The summed E-state index contributed by atoms with van der Waals surface area (Å²) >= 11 is 6.17. The Hall–Kier alpha value is -1.96. The standard InChI is InChI=1S/C20H25ClFN5O/c1-15-23-19(13-20(24-15)27-9-11-28-12-10-27)26-7-5-25(6-8-26)14-16-17(21)3-2-4-18(16)22/h2-4,13H,5-12,14H2,1H3. The Morgan fingerprint density at radius 3 is 2.29 bits per heavy atom. The van der Waals surface area contributed by atoms with Gasteiger partial charge in [-0.15, -0.1) is 0 Å². The summed E-state index contributed by atoms with van der Waals surface area (Å²) in [6, 6.07) is 6.92. The molecule has 0 atom stereocenters. The molecule has 1 aromatic heterocycles. The molecule has 0 unspecified atom stereocenters. The van der Waals surface area contributed by atoms with Crippen molar-refractivity contribution in [3.63, 3.8) is 0 Å². The molecule has 28 heavy (non-hydrogen) atoms. The second-order valence-electron chi connectivity index (χ2n) is 7.19. The molecule has 4 rings (SSSR count). The maximum atomic E-state index is 14.1. The number of rotatable bonds is 4. The Balaban J connectivity index is 1.41. The summed E-state index contributed by atoms with van der Waals surface area (Å²) in [7, 11) is 0. The fourth-order valence-corrected chi connectivity index (χ4v) is 3.92. The van der Waals surface area contributed by atoms with Crippen molar-refractivity contribution in [1.29, 1.82) is 0 Å². The van der Waals surface area contributed by atoms with E-state index in [0.717, 1.165) is 69.9 Å². The molecule has 6 nitrogen and oxygen atoms in total. The molecule has 0 N–H and O–H groups in total. The van der Waals surface area contributed by atoms with Crippen molar-refractivity contribution >= 4 is 23.2 Å². The Labute approximate surface area is 169 Å². The minimum atomic E-state index is -0.239.